The summed E-state index contributed by atoms with van der Waals surface area (Å²) in [6.07, 6.45) is 1.49. The van der Waals surface area contributed by atoms with Gasteiger partial charge in [0, 0.05) is 18.0 Å². The highest BCUT2D eigenvalue weighted by Crippen LogP contribution is 2.20. The van der Waals surface area contributed by atoms with Crippen LogP contribution in [0.2, 0.25) is 0 Å². The third-order valence-electron chi connectivity index (χ3n) is 3.51. The average molecular weight is 345 g/mol. The summed E-state index contributed by atoms with van der Waals surface area (Å²) in [6.45, 7) is 0. The number of nitrogens with zero attached hydrogens (tertiary/aromatic N) is 3. The van der Waals surface area contributed by atoms with Crippen LogP contribution < -0.4 is 15.4 Å². The van der Waals surface area contributed by atoms with E-state index in [0.29, 0.717) is 17.0 Å². The third-order valence-corrected chi connectivity index (χ3v) is 3.51. The van der Waals surface area contributed by atoms with Gasteiger partial charge in [0.1, 0.15) is 17.5 Å². The van der Waals surface area contributed by atoms with Gasteiger partial charge in [-0.2, -0.15) is 5.26 Å². The molecule has 0 saturated carbocycles. The molecule has 3 aromatic rings. The van der Waals surface area contributed by atoms with Gasteiger partial charge in [0.05, 0.1) is 18.4 Å². The van der Waals surface area contributed by atoms with Crippen LogP contribution in [0.15, 0.2) is 60.8 Å². The monoisotopic (exact) mass is 345 g/mol. The zero-order valence-corrected chi connectivity index (χ0v) is 13.9. The number of amides is 1. The molecule has 1 amide bonds. The lowest BCUT2D eigenvalue weighted by atomic mass is 10.2. The summed E-state index contributed by atoms with van der Waals surface area (Å²) in [7, 11) is 1.58. The highest BCUT2D eigenvalue weighted by atomic mass is 16.5. The Bertz CT molecular complexity index is 981. The highest BCUT2D eigenvalue weighted by molar-refractivity contribution is 6.03. The second kappa shape index (κ2) is 7.77. The lowest BCUT2D eigenvalue weighted by molar-refractivity contribution is 0.102. The smallest absolute Gasteiger partial charge is 0.274 e. The van der Waals surface area contributed by atoms with Crippen LogP contribution in [0.25, 0.3) is 0 Å². The van der Waals surface area contributed by atoms with Crippen LogP contribution in [0.4, 0.5) is 17.3 Å². The molecule has 7 heteroatoms. The van der Waals surface area contributed by atoms with Gasteiger partial charge in [-0.15, -0.1) is 0 Å². The van der Waals surface area contributed by atoms with Crippen LogP contribution in [0.5, 0.6) is 5.75 Å². The Morgan fingerprint density at radius 2 is 2.00 bits per heavy atom. The Morgan fingerprint density at radius 3 is 2.81 bits per heavy atom. The number of carbonyl (C=O) groups is 1. The van der Waals surface area contributed by atoms with Gasteiger partial charge < -0.3 is 15.4 Å². The number of para-hydroxylation sites is 1. The van der Waals surface area contributed by atoms with Crippen molar-refractivity contribution < 1.29 is 9.53 Å². The predicted octanol–water partition coefficient (Wildman–Crippen LogP) is 3.35. The normalized spacial score (nSPS) is 9.85. The molecule has 0 aliphatic carbocycles. The minimum atomic E-state index is -0.427. The fourth-order valence-corrected chi connectivity index (χ4v) is 2.25. The van der Waals surface area contributed by atoms with Crippen molar-refractivity contribution in [3.63, 3.8) is 0 Å². The minimum absolute atomic E-state index is 0.179. The van der Waals surface area contributed by atoms with Crippen LogP contribution >= 0.6 is 0 Å². The quantitative estimate of drug-likeness (QED) is 0.735. The molecule has 2 N–H and O–H groups in total. The Labute approximate surface area is 150 Å². The Balaban J connectivity index is 1.78. The van der Waals surface area contributed by atoms with Gasteiger partial charge >= 0.3 is 0 Å². The van der Waals surface area contributed by atoms with Gasteiger partial charge in [0.2, 0.25) is 5.95 Å². The van der Waals surface area contributed by atoms with Crippen LogP contribution in [-0.2, 0) is 0 Å². The van der Waals surface area contributed by atoms with E-state index in [1.807, 2.05) is 24.3 Å². The summed E-state index contributed by atoms with van der Waals surface area (Å²) < 4.78 is 5.17. The maximum Gasteiger partial charge on any atom is 0.274 e. The molecule has 1 heterocycles. The number of hydrogen-bond donors (Lipinski definition) is 2. The first-order valence-electron chi connectivity index (χ1n) is 7.74. The molecule has 0 aliphatic heterocycles. The number of nitrogens with one attached hydrogen (secondary N) is 2. The fourth-order valence-electron chi connectivity index (χ4n) is 2.25. The number of carbonyl (C=O) groups excluding carboxylic acids is 1. The first-order valence-corrected chi connectivity index (χ1v) is 7.74. The van der Waals surface area contributed by atoms with Crippen LogP contribution in [0.3, 0.4) is 0 Å². The Kier molecular flexibility index (Phi) is 5.05. The first kappa shape index (κ1) is 16.9. The molecule has 7 nitrogen and oxygen atoms in total. The zero-order valence-electron chi connectivity index (χ0n) is 13.9. The summed E-state index contributed by atoms with van der Waals surface area (Å²) in [5.41, 5.74) is 1.72. The van der Waals surface area contributed by atoms with E-state index in [9.17, 15) is 4.79 Å². The molecule has 0 atom stereocenters. The highest BCUT2D eigenvalue weighted by Gasteiger charge is 2.11. The lowest BCUT2D eigenvalue weighted by Crippen LogP contribution is -2.15. The third kappa shape index (κ3) is 3.94. The van der Waals surface area contributed by atoms with Crippen molar-refractivity contribution in [2.75, 3.05) is 17.7 Å². The van der Waals surface area contributed by atoms with E-state index in [1.54, 1.807) is 37.4 Å². The number of nitriles is 1. The molecule has 1 aromatic heterocycles. The van der Waals surface area contributed by atoms with E-state index < -0.39 is 5.91 Å². The number of anilines is 3. The van der Waals surface area contributed by atoms with Crippen LogP contribution in [0, 0.1) is 11.3 Å². The van der Waals surface area contributed by atoms with Crippen molar-refractivity contribution >= 4 is 23.2 Å². The SMILES string of the molecule is COc1cccc(Nc2nccc(C(=O)Nc3ccccc3C#N)n2)c1. The van der Waals surface area contributed by atoms with Crippen molar-refractivity contribution in [1.29, 1.82) is 5.26 Å². The van der Waals surface area contributed by atoms with E-state index >= 15 is 0 Å². The molecule has 3 rings (SSSR count). The molecule has 0 unspecified atom stereocenters. The number of aromatic nitrogens is 2. The topological polar surface area (TPSA) is 99.9 Å². The summed E-state index contributed by atoms with van der Waals surface area (Å²) in [6, 6.07) is 17.6. The molecule has 0 radical (unpaired) electrons. The molecule has 128 valence electrons. The molecule has 0 fully saturated rings. The molecule has 26 heavy (non-hydrogen) atoms. The molecule has 0 saturated heterocycles. The second-order valence-electron chi connectivity index (χ2n) is 5.23. The van der Waals surface area contributed by atoms with E-state index in [1.165, 1.54) is 12.3 Å². The molecule has 0 spiro atoms. The minimum Gasteiger partial charge on any atom is -0.497 e. The fraction of sp³-hybridized carbons (Fsp3) is 0.0526. The largest absolute Gasteiger partial charge is 0.497 e. The van der Waals surface area contributed by atoms with Crippen LogP contribution in [-0.4, -0.2) is 23.0 Å². The van der Waals surface area contributed by atoms with Gasteiger partial charge in [-0.05, 0) is 30.3 Å². The number of methoxy groups -OCH3 is 1. The van der Waals surface area contributed by atoms with E-state index in [0.717, 1.165) is 5.69 Å². The lowest BCUT2D eigenvalue weighted by Gasteiger charge is -2.09. The first-order chi connectivity index (χ1) is 12.7. The summed E-state index contributed by atoms with van der Waals surface area (Å²) in [5, 5.41) is 14.8. The van der Waals surface area contributed by atoms with Gasteiger partial charge in [0.15, 0.2) is 0 Å². The number of rotatable bonds is 5. The van der Waals surface area contributed by atoms with Crippen molar-refractivity contribution in [1.82, 2.24) is 9.97 Å². The molecule has 0 bridgehead atoms. The Morgan fingerprint density at radius 1 is 1.15 bits per heavy atom. The zero-order chi connectivity index (χ0) is 18.4. The van der Waals surface area contributed by atoms with Crippen molar-refractivity contribution in [3.05, 3.63) is 72.1 Å². The van der Waals surface area contributed by atoms with Crippen molar-refractivity contribution in [3.8, 4) is 11.8 Å². The molecular formula is C19H15N5O2. The maximum absolute atomic E-state index is 12.4. The maximum atomic E-state index is 12.4. The van der Waals surface area contributed by atoms with Crippen molar-refractivity contribution in [2.24, 2.45) is 0 Å². The number of benzene rings is 2. The standard InChI is InChI=1S/C19H15N5O2/c1-26-15-7-4-6-14(11-15)22-19-21-10-9-17(24-19)18(25)23-16-8-3-2-5-13(16)12-20/h2-11H,1H3,(H,23,25)(H,21,22,24). The number of hydrogen-bond acceptors (Lipinski definition) is 6. The molecule has 2 aromatic carbocycles. The van der Waals surface area contributed by atoms with Gasteiger partial charge in [-0.1, -0.05) is 18.2 Å². The summed E-state index contributed by atoms with van der Waals surface area (Å²) in [4.78, 5) is 20.8. The predicted molar refractivity (Wildman–Crippen MR) is 97.4 cm³/mol. The second-order valence-corrected chi connectivity index (χ2v) is 5.23. The van der Waals surface area contributed by atoms with Crippen LogP contribution in [0.1, 0.15) is 16.1 Å². The average Bonchev–Trinajstić information content (AvgIpc) is 2.68. The van der Waals surface area contributed by atoms with E-state index in [4.69, 9.17) is 10.00 Å². The van der Waals surface area contributed by atoms with Gasteiger partial charge in [-0.3, -0.25) is 4.79 Å². The molecular weight excluding hydrogens is 330 g/mol. The summed E-state index contributed by atoms with van der Waals surface area (Å²) >= 11 is 0. The van der Waals surface area contributed by atoms with E-state index in [2.05, 4.69) is 20.6 Å². The molecule has 0 aliphatic rings. The van der Waals surface area contributed by atoms with Gasteiger partial charge in [-0.25, -0.2) is 9.97 Å². The van der Waals surface area contributed by atoms with Crippen molar-refractivity contribution in [2.45, 2.75) is 0 Å². The van der Waals surface area contributed by atoms with E-state index in [-0.39, 0.29) is 11.6 Å². The summed E-state index contributed by atoms with van der Waals surface area (Å²) in [5.74, 6) is 0.542. The van der Waals surface area contributed by atoms with Gasteiger partial charge in [0.25, 0.3) is 5.91 Å². The number of ether oxygens (including phenoxy) is 1. The Hall–Kier alpha value is -3.92.